The number of carbonyl (C=O) groups excluding carboxylic acids is 1. The summed E-state index contributed by atoms with van der Waals surface area (Å²) in [7, 11) is 0. The van der Waals surface area contributed by atoms with E-state index in [1.165, 1.54) is 23.6 Å². The molecule has 4 rings (SSSR count). The van der Waals surface area contributed by atoms with Gasteiger partial charge in [0.05, 0.1) is 0 Å². The van der Waals surface area contributed by atoms with Crippen molar-refractivity contribution in [3.8, 4) is 22.6 Å². The van der Waals surface area contributed by atoms with Crippen LogP contribution in [0.1, 0.15) is 29.2 Å². The topological polar surface area (TPSA) is 59.6 Å². The first-order valence-corrected chi connectivity index (χ1v) is 13.1. The minimum Gasteiger partial charge on any atom is -0.489 e. The van der Waals surface area contributed by atoms with Crippen LogP contribution in [0.25, 0.3) is 11.1 Å². The summed E-state index contributed by atoms with van der Waals surface area (Å²) in [5.41, 5.74) is 6.64. The Labute approximate surface area is 229 Å². The molecule has 38 heavy (non-hydrogen) atoms. The van der Waals surface area contributed by atoms with Crippen molar-refractivity contribution in [1.82, 2.24) is 10.6 Å². The van der Waals surface area contributed by atoms with Crippen LogP contribution in [-0.2, 0) is 24.6 Å². The Bertz CT molecular complexity index is 1360. The molecule has 0 unspecified atom stereocenters. The van der Waals surface area contributed by atoms with Gasteiger partial charge >= 0.3 is 0 Å². The third-order valence-electron chi connectivity index (χ3n) is 6.30. The molecule has 0 bridgehead atoms. The van der Waals surface area contributed by atoms with Crippen LogP contribution in [0.4, 0.5) is 0 Å². The van der Waals surface area contributed by atoms with E-state index < -0.39 is 0 Å². The Morgan fingerprint density at radius 2 is 1.53 bits per heavy atom. The SMILES string of the molecule is CC(=O)NCCNCc1ccc(OCc2cccc(-c3ccccc3)c2C)cc1OCc1ccccc1Cl. The van der Waals surface area contributed by atoms with Crippen LogP contribution in [0.15, 0.2) is 91.0 Å². The molecule has 2 N–H and O–H groups in total. The number of carbonyl (C=O) groups is 1. The van der Waals surface area contributed by atoms with Crippen molar-refractivity contribution < 1.29 is 14.3 Å². The van der Waals surface area contributed by atoms with E-state index in [4.69, 9.17) is 21.1 Å². The van der Waals surface area contributed by atoms with Gasteiger partial charge in [0.2, 0.25) is 5.91 Å². The van der Waals surface area contributed by atoms with Crippen LogP contribution in [0.3, 0.4) is 0 Å². The lowest BCUT2D eigenvalue weighted by molar-refractivity contribution is -0.118. The first-order valence-electron chi connectivity index (χ1n) is 12.7. The minimum absolute atomic E-state index is 0.0402. The summed E-state index contributed by atoms with van der Waals surface area (Å²) in [6.45, 7) is 6.25. The van der Waals surface area contributed by atoms with Crippen molar-refractivity contribution in [2.75, 3.05) is 13.1 Å². The minimum atomic E-state index is -0.0402. The van der Waals surface area contributed by atoms with Gasteiger partial charge in [0.25, 0.3) is 0 Å². The van der Waals surface area contributed by atoms with Crippen LogP contribution in [0.5, 0.6) is 11.5 Å². The summed E-state index contributed by atoms with van der Waals surface area (Å²) in [6.07, 6.45) is 0. The van der Waals surface area contributed by atoms with E-state index in [9.17, 15) is 4.79 Å². The summed E-state index contributed by atoms with van der Waals surface area (Å²) in [5, 5.41) is 6.81. The number of halogens is 1. The quantitative estimate of drug-likeness (QED) is 0.201. The van der Waals surface area contributed by atoms with E-state index in [1.54, 1.807) is 0 Å². The molecular weight excluding hydrogens is 496 g/mol. The van der Waals surface area contributed by atoms with E-state index in [0.717, 1.165) is 28.2 Å². The molecule has 0 fully saturated rings. The maximum Gasteiger partial charge on any atom is 0.216 e. The highest BCUT2D eigenvalue weighted by Gasteiger charge is 2.11. The lowest BCUT2D eigenvalue weighted by atomic mass is 9.97. The summed E-state index contributed by atoms with van der Waals surface area (Å²) < 4.78 is 12.4. The van der Waals surface area contributed by atoms with Crippen molar-refractivity contribution in [3.05, 3.63) is 118 Å². The maximum absolute atomic E-state index is 11.1. The van der Waals surface area contributed by atoms with Gasteiger partial charge in [0, 0.05) is 48.8 Å². The highest BCUT2D eigenvalue weighted by Crippen LogP contribution is 2.29. The Morgan fingerprint density at radius 3 is 2.32 bits per heavy atom. The molecular formula is C32H33ClN2O3. The zero-order valence-electron chi connectivity index (χ0n) is 21.8. The van der Waals surface area contributed by atoms with Crippen molar-refractivity contribution in [2.45, 2.75) is 33.6 Å². The van der Waals surface area contributed by atoms with Crippen LogP contribution in [0, 0.1) is 6.92 Å². The maximum atomic E-state index is 11.1. The van der Waals surface area contributed by atoms with Crippen LogP contribution in [-0.4, -0.2) is 19.0 Å². The molecule has 0 saturated heterocycles. The number of nitrogens with one attached hydrogen (secondary N) is 2. The molecule has 0 aliphatic rings. The van der Waals surface area contributed by atoms with Gasteiger partial charge in [0.15, 0.2) is 0 Å². The molecule has 0 saturated carbocycles. The Kier molecular flexibility index (Phi) is 9.79. The summed E-state index contributed by atoms with van der Waals surface area (Å²) in [4.78, 5) is 11.1. The molecule has 0 aliphatic heterocycles. The van der Waals surface area contributed by atoms with E-state index >= 15 is 0 Å². The first-order chi connectivity index (χ1) is 18.5. The number of hydrogen-bond acceptors (Lipinski definition) is 4. The third-order valence-corrected chi connectivity index (χ3v) is 6.66. The molecule has 1 amide bonds. The van der Waals surface area contributed by atoms with Crippen molar-refractivity contribution in [2.24, 2.45) is 0 Å². The molecule has 0 aliphatic carbocycles. The predicted molar refractivity (Wildman–Crippen MR) is 154 cm³/mol. The number of benzene rings is 4. The largest absolute Gasteiger partial charge is 0.489 e. The Hall–Kier alpha value is -3.80. The fraction of sp³-hybridized carbons (Fsp3) is 0.219. The number of ether oxygens (including phenoxy) is 2. The summed E-state index contributed by atoms with van der Waals surface area (Å²) in [6, 6.07) is 30.3. The van der Waals surface area contributed by atoms with Crippen LogP contribution in [0.2, 0.25) is 5.02 Å². The van der Waals surface area contributed by atoms with Crippen molar-refractivity contribution >= 4 is 17.5 Å². The normalized spacial score (nSPS) is 10.7. The van der Waals surface area contributed by atoms with Crippen molar-refractivity contribution in [3.63, 3.8) is 0 Å². The summed E-state index contributed by atoms with van der Waals surface area (Å²) >= 11 is 6.34. The molecule has 5 nitrogen and oxygen atoms in total. The van der Waals surface area contributed by atoms with Crippen molar-refractivity contribution in [1.29, 1.82) is 0 Å². The summed E-state index contributed by atoms with van der Waals surface area (Å²) in [5.74, 6) is 1.41. The molecule has 196 valence electrons. The fourth-order valence-corrected chi connectivity index (χ4v) is 4.35. The predicted octanol–water partition coefficient (Wildman–Crippen LogP) is 6.70. The standard InChI is InChI=1S/C32H33ClN2O3/c1-23-27(12-8-13-30(23)25-9-4-3-5-10-25)21-37-29-16-15-26(20-34-17-18-35-24(2)36)32(19-29)38-22-28-11-6-7-14-31(28)33/h3-16,19,34H,17-18,20-22H2,1-2H3,(H,35,36). The highest BCUT2D eigenvalue weighted by molar-refractivity contribution is 6.31. The van der Waals surface area contributed by atoms with Gasteiger partial charge in [-0.15, -0.1) is 0 Å². The van der Waals surface area contributed by atoms with E-state index in [-0.39, 0.29) is 5.91 Å². The molecule has 0 radical (unpaired) electrons. The second kappa shape index (κ2) is 13.7. The van der Waals surface area contributed by atoms with E-state index in [2.05, 4.69) is 60.0 Å². The van der Waals surface area contributed by atoms with Gasteiger partial charge in [-0.2, -0.15) is 0 Å². The fourth-order valence-electron chi connectivity index (χ4n) is 4.16. The monoisotopic (exact) mass is 528 g/mol. The average Bonchev–Trinajstić information content (AvgIpc) is 2.93. The Balaban J connectivity index is 1.47. The molecule has 4 aromatic carbocycles. The van der Waals surface area contributed by atoms with Gasteiger partial charge in [-0.1, -0.05) is 84.4 Å². The highest BCUT2D eigenvalue weighted by atomic mass is 35.5. The number of hydrogen-bond donors (Lipinski definition) is 2. The van der Waals surface area contributed by atoms with Crippen LogP contribution >= 0.6 is 11.6 Å². The second-order valence-electron chi connectivity index (χ2n) is 9.05. The zero-order valence-corrected chi connectivity index (χ0v) is 22.6. The molecule has 0 atom stereocenters. The zero-order chi connectivity index (χ0) is 26.7. The second-order valence-corrected chi connectivity index (χ2v) is 9.46. The lowest BCUT2D eigenvalue weighted by Gasteiger charge is -2.16. The lowest BCUT2D eigenvalue weighted by Crippen LogP contribution is -2.30. The van der Waals surface area contributed by atoms with Crippen LogP contribution < -0.4 is 20.1 Å². The van der Waals surface area contributed by atoms with E-state index in [0.29, 0.717) is 37.9 Å². The molecule has 0 heterocycles. The molecule has 4 aromatic rings. The molecule has 0 aromatic heterocycles. The number of amides is 1. The third kappa shape index (κ3) is 7.60. The first kappa shape index (κ1) is 27.2. The van der Waals surface area contributed by atoms with Gasteiger partial charge in [-0.05, 0) is 41.3 Å². The van der Waals surface area contributed by atoms with Gasteiger partial charge in [0.1, 0.15) is 24.7 Å². The van der Waals surface area contributed by atoms with Gasteiger partial charge in [-0.3, -0.25) is 4.79 Å². The average molecular weight is 529 g/mol. The van der Waals surface area contributed by atoms with Gasteiger partial charge in [-0.25, -0.2) is 0 Å². The molecule has 0 spiro atoms. The van der Waals surface area contributed by atoms with Gasteiger partial charge < -0.3 is 20.1 Å². The Morgan fingerprint density at radius 1 is 0.789 bits per heavy atom. The number of rotatable bonds is 12. The van der Waals surface area contributed by atoms with E-state index in [1.807, 2.05) is 48.5 Å². The smallest absolute Gasteiger partial charge is 0.216 e. The molecule has 6 heteroatoms.